The van der Waals surface area contributed by atoms with Gasteiger partial charge in [0.25, 0.3) is 0 Å². The predicted octanol–water partition coefficient (Wildman–Crippen LogP) is -0.677. The second-order valence-electron chi connectivity index (χ2n) is 4.60. The second-order valence-corrected chi connectivity index (χ2v) is 9.73. The molecule has 1 aromatic carbocycles. The summed E-state index contributed by atoms with van der Waals surface area (Å²) in [6.45, 7) is 0. The van der Waals surface area contributed by atoms with Crippen LogP contribution in [0, 0.1) is 0 Å². The first-order valence-corrected chi connectivity index (χ1v) is 11.3. The van der Waals surface area contributed by atoms with Gasteiger partial charge in [0, 0.05) is 6.26 Å². The maximum atomic E-state index is 12.0. The monoisotopic (exact) mass is 400 g/mol. The molecule has 0 heterocycles. The molecule has 0 aliphatic carbocycles. The summed E-state index contributed by atoms with van der Waals surface area (Å²) in [5.74, 6) is -3.23. The molecule has 0 aliphatic rings. The normalized spacial score (nSPS) is 12.5. The fourth-order valence-electron chi connectivity index (χ4n) is 1.58. The lowest BCUT2D eigenvalue weighted by Gasteiger charge is -2.11. The minimum absolute atomic E-state index is 0.530. The molecule has 0 fully saturated rings. The molecule has 0 bridgehead atoms. The Labute approximate surface area is 138 Å². The molecule has 13 heteroatoms. The summed E-state index contributed by atoms with van der Waals surface area (Å²) in [5, 5.41) is 0. The molecule has 0 unspecified atom stereocenters. The third-order valence-corrected chi connectivity index (χ3v) is 4.35. The van der Waals surface area contributed by atoms with Crippen LogP contribution in [0.4, 0.5) is 0 Å². The molecule has 0 amide bonds. The van der Waals surface area contributed by atoms with Crippen LogP contribution in [0.1, 0.15) is 20.7 Å². The molecule has 24 heavy (non-hydrogen) atoms. The van der Waals surface area contributed by atoms with E-state index in [0.717, 1.165) is 18.2 Å². The molecule has 0 saturated carbocycles. The zero-order valence-corrected chi connectivity index (χ0v) is 15.0. The van der Waals surface area contributed by atoms with Crippen LogP contribution in [-0.2, 0) is 38.4 Å². The molecule has 1 aromatic rings. The Balaban J connectivity index is 3.67. The van der Waals surface area contributed by atoms with Gasteiger partial charge in [-0.25, -0.2) is 18.0 Å². The molecule has 0 spiro atoms. The van der Waals surface area contributed by atoms with E-state index in [4.69, 9.17) is 0 Å². The number of rotatable bonds is 5. The van der Waals surface area contributed by atoms with Crippen molar-refractivity contribution in [2.45, 2.75) is 4.90 Å². The van der Waals surface area contributed by atoms with Gasteiger partial charge in [-0.1, -0.05) is 6.07 Å². The van der Waals surface area contributed by atoms with Crippen LogP contribution in [0.3, 0.4) is 0 Å². The van der Waals surface area contributed by atoms with Crippen LogP contribution in [0.2, 0.25) is 0 Å². The molecule has 0 atom stereocenters. The Morgan fingerprint density at radius 2 is 1.25 bits per heavy atom. The number of carbonyl (C=O) groups excluding carboxylic acids is 2. The van der Waals surface area contributed by atoms with Crippen molar-refractivity contribution in [1.82, 2.24) is 0 Å². The van der Waals surface area contributed by atoms with Crippen molar-refractivity contribution in [3.63, 3.8) is 0 Å². The lowest BCUT2D eigenvalue weighted by atomic mass is 10.1. The highest BCUT2D eigenvalue weighted by Crippen LogP contribution is 2.23. The third-order valence-electron chi connectivity index (χ3n) is 2.30. The lowest BCUT2D eigenvalue weighted by molar-refractivity contribution is 0.0701. The summed E-state index contributed by atoms with van der Waals surface area (Å²) >= 11 is 0. The second kappa shape index (κ2) is 6.49. The predicted molar refractivity (Wildman–Crippen MR) is 80.1 cm³/mol. The van der Waals surface area contributed by atoms with Crippen molar-refractivity contribution in [1.29, 1.82) is 0 Å². The number of hydrogen-bond acceptors (Lipinski definition) is 10. The van der Waals surface area contributed by atoms with Gasteiger partial charge in [0.1, 0.15) is 0 Å². The molecule has 0 saturated heterocycles. The smallest absolute Gasteiger partial charge is 0.341 e. The minimum atomic E-state index is -4.33. The first-order valence-electron chi connectivity index (χ1n) is 5.82. The maximum Gasteiger partial charge on any atom is 0.355 e. The Kier molecular flexibility index (Phi) is 5.42. The molecule has 0 N–H and O–H groups in total. The van der Waals surface area contributed by atoms with Crippen molar-refractivity contribution >= 4 is 42.0 Å². The minimum Gasteiger partial charge on any atom is -0.341 e. The average molecular weight is 400 g/mol. The van der Waals surface area contributed by atoms with Crippen molar-refractivity contribution in [3.8, 4) is 0 Å². The van der Waals surface area contributed by atoms with Crippen LogP contribution in [-0.4, -0.2) is 56.0 Å². The summed E-state index contributed by atoms with van der Waals surface area (Å²) in [7, 11) is -12.7. The molecule has 0 aromatic heterocycles. The molecule has 0 aliphatic heterocycles. The van der Waals surface area contributed by atoms with E-state index in [2.05, 4.69) is 8.37 Å². The first kappa shape index (κ1) is 20.1. The van der Waals surface area contributed by atoms with Crippen LogP contribution in [0.5, 0.6) is 0 Å². The number of carbonyl (C=O) groups is 2. The summed E-state index contributed by atoms with van der Waals surface area (Å²) in [6, 6.07) is 2.86. The highest BCUT2D eigenvalue weighted by Gasteiger charge is 2.30. The van der Waals surface area contributed by atoms with Gasteiger partial charge in [-0.2, -0.15) is 16.8 Å². The van der Waals surface area contributed by atoms with E-state index < -0.39 is 58.0 Å². The van der Waals surface area contributed by atoms with Gasteiger partial charge in [-0.15, -0.1) is 0 Å². The van der Waals surface area contributed by atoms with Gasteiger partial charge < -0.3 is 8.37 Å². The molecular weight excluding hydrogens is 388 g/mol. The lowest BCUT2D eigenvalue weighted by Crippen LogP contribution is -2.21. The summed E-state index contributed by atoms with van der Waals surface area (Å²) in [4.78, 5) is 23.1. The number of hydrogen-bond donors (Lipinski definition) is 0. The van der Waals surface area contributed by atoms with E-state index >= 15 is 0 Å². The number of benzene rings is 1. The van der Waals surface area contributed by atoms with Crippen molar-refractivity contribution in [2.24, 2.45) is 0 Å². The quantitative estimate of drug-likeness (QED) is 0.580. The fourth-order valence-corrected chi connectivity index (χ4v) is 3.20. The molecule has 0 radical (unpaired) electrons. The topological polar surface area (TPSA) is 155 Å². The van der Waals surface area contributed by atoms with Crippen LogP contribution in [0.25, 0.3) is 0 Å². The van der Waals surface area contributed by atoms with E-state index in [9.17, 15) is 34.8 Å². The standard InChI is InChI=1S/C11H12O10S3/c1-22(14,15)8-6-4-5-7(10(12)20-23(2,16)17)9(8)11(13)21-24(3,18)19/h4-6H,1-3H3. The van der Waals surface area contributed by atoms with Gasteiger partial charge in [-0.3, -0.25) is 0 Å². The van der Waals surface area contributed by atoms with E-state index in [1.807, 2.05) is 0 Å². The maximum absolute atomic E-state index is 12.0. The van der Waals surface area contributed by atoms with Crippen LogP contribution in [0.15, 0.2) is 23.1 Å². The van der Waals surface area contributed by atoms with Gasteiger partial charge in [-0.05, 0) is 12.1 Å². The SMILES string of the molecule is CS(=O)(=O)OC(=O)c1cccc(S(C)(=O)=O)c1C(=O)OS(C)(=O)=O. The summed E-state index contributed by atoms with van der Waals surface area (Å²) in [5.41, 5.74) is -1.73. The summed E-state index contributed by atoms with van der Waals surface area (Å²) < 4.78 is 75.9. The first-order chi connectivity index (χ1) is 10.6. The molecule has 10 nitrogen and oxygen atoms in total. The fraction of sp³-hybridized carbons (Fsp3) is 0.273. The van der Waals surface area contributed by atoms with Gasteiger partial charge in [0.05, 0.1) is 28.5 Å². The number of sulfone groups is 1. The van der Waals surface area contributed by atoms with Gasteiger partial charge in [0.15, 0.2) is 9.84 Å². The van der Waals surface area contributed by atoms with E-state index in [0.29, 0.717) is 18.8 Å². The average Bonchev–Trinajstić information content (AvgIpc) is 2.32. The Morgan fingerprint density at radius 3 is 1.67 bits per heavy atom. The van der Waals surface area contributed by atoms with Crippen molar-refractivity contribution < 1.29 is 43.2 Å². The van der Waals surface area contributed by atoms with Gasteiger partial charge >= 0.3 is 32.2 Å². The van der Waals surface area contributed by atoms with Crippen molar-refractivity contribution in [3.05, 3.63) is 29.3 Å². The Hall–Kier alpha value is -1.99. The third kappa shape index (κ3) is 5.58. The van der Waals surface area contributed by atoms with E-state index in [-0.39, 0.29) is 0 Å². The molecule has 1 rings (SSSR count). The van der Waals surface area contributed by atoms with E-state index in [1.54, 1.807) is 0 Å². The Bertz CT molecular complexity index is 1000. The van der Waals surface area contributed by atoms with Crippen LogP contribution < -0.4 is 0 Å². The summed E-state index contributed by atoms with van der Waals surface area (Å²) in [6.07, 6.45) is 1.79. The highest BCUT2D eigenvalue weighted by molar-refractivity contribution is 7.90. The van der Waals surface area contributed by atoms with Crippen LogP contribution >= 0.6 is 0 Å². The zero-order valence-electron chi connectivity index (χ0n) is 12.5. The molecular formula is C11H12O10S3. The highest BCUT2D eigenvalue weighted by atomic mass is 32.2. The van der Waals surface area contributed by atoms with Gasteiger partial charge in [0.2, 0.25) is 0 Å². The molecule has 134 valence electrons. The largest absolute Gasteiger partial charge is 0.355 e. The van der Waals surface area contributed by atoms with Crippen molar-refractivity contribution in [2.75, 3.05) is 18.8 Å². The zero-order chi connectivity index (χ0) is 18.9. The Morgan fingerprint density at radius 1 is 0.792 bits per heavy atom. The van der Waals surface area contributed by atoms with E-state index in [1.165, 1.54) is 0 Å².